The van der Waals surface area contributed by atoms with Gasteiger partial charge in [0.15, 0.2) is 0 Å². The number of esters is 1. The molecule has 3 nitrogen and oxygen atoms in total. The summed E-state index contributed by atoms with van der Waals surface area (Å²) in [4.78, 5) is 14.9. The molecule has 3 heteroatoms. The Morgan fingerprint density at radius 1 is 1.50 bits per heavy atom. The molecule has 0 fully saturated rings. The molecule has 0 N–H and O–H groups in total. The van der Waals surface area contributed by atoms with Gasteiger partial charge in [-0.2, -0.15) is 0 Å². The minimum atomic E-state index is -0.221. The summed E-state index contributed by atoms with van der Waals surface area (Å²) in [5, 5.41) is 0. The molecular weight excluding hydrogens is 154 g/mol. The van der Waals surface area contributed by atoms with Crippen LogP contribution in [-0.2, 0) is 9.53 Å². The van der Waals surface area contributed by atoms with Crippen LogP contribution in [0.2, 0.25) is 0 Å². The highest BCUT2D eigenvalue weighted by molar-refractivity contribution is 5.77. The topological polar surface area (TPSA) is 39.2 Å². The van der Waals surface area contributed by atoms with Gasteiger partial charge in [-0.1, -0.05) is 0 Å². The lowest BCUT2D eigenvalue weighted by Gasteiger charge is -2.07. The fourth-order valence-electron chi connectivity index (χ4n) is 0.965. The predicted octanol–water partition coefficient (Wildman–Crippen LogP) is 1.36. The van der Waals surface area contributed by atoms with Crippen molar-refractivity contribution in [2.45, 2.75) is 12.8 Å². The van der Waals surface area contributed by atoms with Crippen LogP contribution in [-0.4, -0.2) is 18.1 Å². The summed E-state index contributed by atoms with van der Waals surface area (Å²) < 4.78 is 4.61. The number of hydrogen-bond acceptors (Lipinski definition) is 3. The molecular formula is C9H11NO2. The van der Waals surface area contributed by atoms with E-state index in [1.165, 1.54) is 7.11 Å². The lowest BCUT2D eigenvalue weighted by molar-refractivity contribution is -0.141. The molecule has 0 aliphatic carbocycles. The van der Waals surface area contributed by atoms with Gasteiger partial charge < -0.3 is 4.74 Å². The molecule has 1 heterocycles. The molecule has 0 amide bonds. The quantitative estimate of drug-likeness (QED) is 0.621. The van der Waals surface area contributed by atoms with Crippen molar-refractivity contribution in [2.75, 3.05) is 7.11 Å². The van der Waals surface area contributed by atoms with Gasteiger partial charge >= 0.3 is 5.97 Å². The second-order valence-corrected chi connectivity index (χ2v) is 2.53. The Balaban J connectivity index is 2.78. The van der Waals surface area contributed by atoms with Gasteiger partial charge in [0.2, 0.25) is 0 Å². The third-order valence-corrected chi connectivity index (χ3v) is 1.76. The van der Waals surface area contributed by atoms with Crippen LogP contribution in [0.4, 0.5) is 0 Å². The van der Waals surface area contributed by atoms with Crippen molar-refractivity contribution in [1.82, 2.24) is 4.98 Å². The van der Waals surface area contributed by atoms with Crippen molar-refractivity contribution >= 4 is 5.97 Å². The van der Waals surface area contributed by atoms with E-state index in [0.29, 0.717) is 0 Å². The third kappa shape index (κ3) is 1.81. The molecule has 0 spiro atoms. The molecule has 0 aliphatic heterocycles. The van der Waals surface area contributed by atoms with E-state index < -0.39 is 0 Å². The number of pyridine rings is 1. The molecule has 0 aliphatic rings. The monoisotopic (exact) mass is 165 g/mol. The van der Waals surface area contributed by atoms with Crippen molar-refractivity contribution in [3.63, 3.8) is 0 Å². The van der Waals surface area contributed by atoms with Crippen molar-refractivity contribution in [3.8, 4) is 0 Å². The van der Waals surface area contributed by atoms with Crippen LogP contribution < -0.4 is 0 Å². The maximum atomic E-state index is 11.1. The summed E-state index contributed by atoms with van der Waals surface area (Å²) >= 11 is 0. The van der Waals surface area contributed by atoms with E-state index in [9.17, 15) is 4.79 Å². The van der Waals surface area contributed by atoms with Gasteiger partial charge in [-0.3, -0.25) is 9.78 Å². The Morgan fingerprint density at radius 2 is 2.08 bits per heavy atom. The SMILES string of the molecule is COC(=O)[C@H](C)c1ccncc1. The Kier molecular flexibility index (Phi) is 2.80. The molecule has 1 rings (SSSR count). The summed E-state index contributed by atoms with van der Waals surface area (Å²) in [6, 6.07) is 3.61. The van der Waals surface area contributed by atoms with Crippen molar-refractivity contribution in [3.05, 3.63) is 30.1 Å². The maximum absolute atomic E-state index is 11.1. The Hall–Kier alpha value is -1.38. The number of rotatable bonds is 2. The van der Waals surface area contributed by atoms with E-state index in [1.807, 2.05) is 12.1 Å². The average Bonchev–Trinajstić information content (AvgIpc) is 2.17. The lowest BCUT2D eigenvalue weighted by atomic mass is 10.0. The molecule has 0 aromatic carbocycles. The van der Waals surface area contributed by atoms with Gasteiger partial charge in [0.05, 0.1) is 13.0 Å². The molecule has 0 saturated carbocycles. The Bertz CT molecular complexity index is 258. The zero-order valence-corrected chi connectivity index (χ0v) is 7.15. The zero-order valence-electron chi connectivity index (χ0n) is 7.15. The first-order valence-electron chi connectivity index (χ1n) is 3.73. The first-order valence-corrected chi connectivity index (χ1v) is 3.73. The molecule has 1 atom stereocenters. The van der Waals surface area contributed by atoms with Gasteiger partial charge in [0, 0.05) is 12.4 Å². The van der Waals surface area contributed by atoms with Crippen LogP contribution in [0.3, 0.4) is 0 Å². The number of carbonyl (C=O) groups excluding carboxylic acids is 1. The first-order chi connectivity index (χ1) is 5.75. The highest BCUT2D eigenvalue weighted by Crippen LogP contribution is 2.14. The largest absolute Gasteiger partial charge is 0.469 e. The number of ether oxygens (including phenoxy) is 1. The van der Waals surface area contributed by atoms with Gasteiger partial charge in [-0.25, -0.2) is 0 Å². The van der Waals surface area contributed by atoms with Gasteiger partial charge in [0.25, 0.3) is 0 Å². The van der Waals surface area contributed by atoms with Crippen molar-refractivity contribution in [1.29, 1.82) is 0 Å². The summed E-state index contributed by atoms with van der Waals surface area (Å²) in [6.07, 6.45) is 3.32. The van der Waals surface area contributed by atoms with Gasteiger partial charge in [0.1, 0.15) is 0 Å². The number of hydrogen-bond donors (Lipinski definition) is 0. The predicted molar refractivity (Wildman–Crippen MR) is 44.7 cm³/mol. The zero-order chi connectivity index (χ0) is 8.97. The maximum Gasteiger partial charge on any atom is 0.312 e. The smallest absolute Gasteiger partial charge is 0.312 e. The fourth-order valence-corrected chi connectivity index (χ4v) is 0.965. The second kappa shape index (κ2) is 3.85. The molecule has 0 unspecified atom stereocenters. The fraction of sp³-hybridized carbons (Fsp3) is 0.333. The minimum absolute atomic E-state index is 0.210. The van der Waals surface area contributed by atoms with Gasteiger partial charge in [-0.15, -0.1) is 0 Å². The van der Waals surface area contributed by atoms with Crippen molar-refractivity contribution in [2.24, 2.45) is 0 Å². The number of carbonyl (C=O) groups is 1. The summed E-state index contributed by atoms with van der Waals surface area (Å²) in [7, 11) is 1.39. The first kappa shape index (κ1) is 8.71. The number of nitrogens with zero attached hydrogens (tertiary/aromatic N) is 1. The van der Waals surface area contributed by atoms with E-state index in [2.05, 4.69) is 9.72 Å². The van der Waals surface area contributed by atoms with Crippen LogP contribution in [0.1, 0.15) is 18.4 Å². The van der Waals surface area contributed by atoms with Crippen LogP contribution in [0.25, 0.3) is 0 Å². The summed E-state index contributed by atoms with van der Waals surface area (Å²) in [5.74, 6) is -0.431. The standard InChI is InChI=1S/C9H11NO2/c1-7(9(11)12-2)8-3-5-10-6-4-8/h3-7H,1-2H3/t7-/m1/s1. The molecule has 1 aromatic rings. The van der Waals surface area contributed by atoms with Crippen LogP contribution >= 0.6 is 0 Å². The number of methoxy groups -OCH3 is 1. The molecule has 0 saturated heterocycles. The summed E-state index contributed by atoms with van der Waals surface area (Å²) in [5.41, 5.74) is 0.928. The second-order valence-electron chi connectivity index (χ2n) is 2.53. The normalized spacial score (nSPS) is 12.2. The lowest BCUT2D eigenvalue weighted by Crippen LogP contribution is -2.10. The van der Waals surface area contributed by atoms with Crippen LogP contribution in [0, 0.1) is 0 Å². The molecule has 12 heavy (non-hydrogen) atoms. The molecule has 1 aromatic heterocycles. The molecule has 64 valence electrons. The Morgan fingerprint density at radius 3 is 2.58 bits per heavy atom. The van der Waals surface area contributed by atoms with E-state index in [0.717, 1.165) is 5.56 Å². The van der Waals surface area contributed by atoms with E-state index in [1.54, 1.807) is 19.3 Å². The highest BCUT2D eigenvalue weighted by atomic mass is 16.5. The van der Waals surface area contributed by atoms with E-state index in [4.69, 9.17) is 0 Å². The minimum Gasteiger partial charge on any atom is -0.469 e. The Labute approximate surface area is 71.4 Å². The van der Waals surface area contributed by atoms with Crippen LogP contribution in [0.5, 0.6) is 0 Å². The van der Waals surface area contributed by atoms with Crippen LogP contribution in [0.15, 0.2) is 24.5 Å². The van der Waals surface area contributed by atoms with E-state index >= 15 is 0 Å². The van der Waals surface area contributed by atoms with Crippen molar-refractivity contribution < 1.29 is 9.53 Å². The molecule has 0 bridgehead atoms. The highest BCUT2D eigenvalue weighted by Gasteiger charge is 2.14. The van der Waals surface area contributed by atoms with Gasteiger partial charge in [-0.05, 0) is 24.6 Å². The molecule has 0 radical (unpaired) electrons. The summed E-state index contributed by atoms with van der Waals surface area (Å²) in [6.45, 7) is 1.81. The third-order valence-electron chi connectivity index (χ3n) is 1.76. The van der Waals surface area contributed by atoms with E-state index in [-0.39, 0.29) is 11.9 Å². The number of aromatic nitrogens is 1. The average molecular weight is 165 g/mol.